The van der Waals surface area contributed by atoms with E-state index in [2.05, 4.69) is 48.5 Å². The average molecular weight is 311 g/mol. The molecule has 0 heterocycles. The minimum atomic E-state index is 0.625. The molecule has 7 rings (SSSR count). The summed E-state index contributed by atoms with van der Waals surface area (Å²) in [6, 6.07) is 0. The van der Waals surface area contributed by atoms with Crippen LogP contribution in [0.5, 0.6) is 0 Å². The van der Waals surface area contributed by atoms with Gasteiger partial charge in [0.25, 0.3) is 0 Å². The van der Waals surface area contributed by atoms with Gasteiger partial charge < -0.3 is 0 Å². The van der Waals surface area contributed by atoms with E-state index in [1.54, 1.807) is 25.7 Å². The van der Waals surface area contributed by atoms with Crippen molar-refractivity contribution in [3.8, 4) is 0 Å². The zero-order valence-electron chi connectivity index (χ0n) is 16.2. The van der Waals surface area contributed by atoms with Gasteiger partial charge in [0.15, 0.2) is 0 Å². The zero-order valence-corrected chi connectivity index (χ0v) is 16.2. The fraction of sp³-hybridized carbons (Fsp3) is 1.00. The molecular weight excluding hydrogens is 276 g/mol. The minimum Gasteiger partial charge on any atom is -0.0617 e. The van der Waals surface area contributed by atoms with Gasteiger partial charge in [-0.2, -0.15) is 0 Å². The predicted molar refractivity (Wildman–Crippen MR) is 92.7 cm³/mol. The highest BCUT2D eigenvalue weighted by molar-refractivity contribution is 5.52. The van der Waals surface area contributed by atoms with Crippen LogP contribution in [0.2, 0.25) is 0 Å². The third-order valence-corrected chi connectivity index (χ3v) is 14.2. The van der Waals surface area contributed by atoms with Crippen molar-refractivity contribution >= 4 is 0 Å². The van der Waals surface area contributed by atoms with Crippen LogP contribution in [0.3, 0.4) is 0 Å². The summed E-state index contributed by atoms with van der Waals surface area (Å²) in [4.78, 5) is 0. The van der Waals surface area contributed by atoms with Crippen LogP contribution in [0, 0.1) is 67.5 Å². The maximum Gasteiger partial charge on any atom is -0.0144 e. The maximum absolute atomic E-state index is 2.79. The number of fused-ring (bicyclic) bond motifs is 5. The van der Waals surface area contributed by atoms with Crippen molar-refractivity contribution in [2.24, 2.45) is 67.5 Å². The van der Waals surface area contributed by atoms with Crippen LogP contribution in [0.25, 0.3) is 0 Å². The molecule has 0 aromatic heterocycles. The summed E-state index contributed by atoms with van der Waals surface area (Å²) in [6.45, 7) is 19.2. The standard InChI is InChI=1S/C23H34/c1-12-13-8-15-20(12,5)22(7)19(4)11-23(15,22)16-14-9-17(13,2)10-18(14,3)21(16,19)6/h12-16H,8-11H2,1-7H3. The Hall–Kier alpha value is 0. The molecule has 7 aliphatic rings. The van der Waals surface area contributed by atoms with Crippen molar-refractivity contribution in [2.75, 3.05) is 0 Å². The topological polar surface area (TPSA) is 0 Å². The van der Waals surface area contributed by atoms with E-state index in [0.717, 1.165) is 35.0 Å². The molecule has 0 heteroatoms. The smallest absolute Gasteiger partial charge is 0.0144 e. The van der Waals surface area contributed by atoms with Gasteiger partial charge in [-0.3, -0.25) is 0 Å². The van der Waals surface area contributed by atoms with Crippen LogP contribution in [-0.4, -0.2) is 0 Å². The Balaban J connectivity index is 1.64. The van der Waals surface area contributed by atoms with Gasteiger partial charge in [0.1, 0.15) is 0 Å². The highest BCUT2D eigenvalue weighted by Gasteiger charge is 3.05. The van der Waals surface area contributed by atoms with Gasteiger partial charge in [-0.1, -0.05) is 48.5 Å². The monoisotopic (exact) mass is 310 g/mol. The molecule has 1 spiro atoms. The molecule has 7 fully saturated rings. The van der Waals surface area contributed by atoms with Crippen molar-refractivity contribution in [1.29, 1.82) is 0 Å². The predicted octanol–water partition coefficient (Wildman–Crippen LogP) is 5.77. The van der Waals surface area contributed by atoms with Crippen molar-refractivity contribution in [3.05, 3.63) is 0 Å². The third kappa shape index (κ3) is 0.654. The van der Waals surface area contributed by atoms with Crippen molar-refractivity contribution in [2.45, 2.75) is 74.1 Å². The molecule has 12 atom stereocenters. The summed E-state index contributed by atoms with van der Waals surface area (Å²) in [5.74, 6) is 5.20. The van der Waals surface area contributed by atoms with Gasteiger partial charge in [-0.05, 0) is 93.2 Å². The number of rotatable bonds is 0. The molecule has 0 aliphatic heterocycles. The fourth-order valence-corrected chi connectivity index (χ4v) is 13.7. The highest BCUT2D eigenvalue weighted by Crippen LogP contribution is 3.10. The quantitative estimate of drug-likeness (QED) is 0.533. The first kappa shape index (κ1) is 13.2. The molecule has 126 valence electrons. The van der Waals surface area contributed by atoms with Crippen LogP contribution >= 0.6 is 0 Å². The Morgan fingerprint density at radius 3 is 2.26 bits per heavy atom. The van der Waals surface area contributed by atoms with E-state index in [0.29, 0.717) is 32.5 Å². The maximum atomic E-state index is 2.79. The molecule has 23 heavy (non-hydrogen) atoms. The molecule has 0 aromatic rings. The van der Waals surface area contributed by atoms with Crippen LogP contribution < -0.4 is 0 Å². The lowest BCUT2D eigenvalue weighted by molar-refractivity contribution is -0.374. The Morgan fingerprint density at radius 2 is 1.57 bits per heavy atom. The Kier molecular flexibility index (Phi) is 1.50. The summed E-state index contributed by atoms with van der Waals surface area (Å²) >= 11 is 0. The van der Waals surface area contributed by atoms with E-state index >= 15 is 0 Å². The minimum absolute atomic E-state index is 0.625. The molecule has 0 aromatic carbocycles. The lowest BCUT2D eigenvalue weighted by Crippen LogP contribution is -2.80. The third-order valence-electron chi connectivity index (χ3n) is 14.2. The second-order valence-electron chi connectivity index (χ2n) is 12.9. The van der Waals surface area contributed by atoms with Crippen molar-refractivity contribution < 1.29 is 0 Å². The van der Waals surface area contributed by atoms with E-state index < -0.39 is 0 Å². The molecule has 6 bridgehead atoms. The highest BCUT2D eigenvalue weighted by atomic mass is 15.1. The van der Waals surface area contributed by atoms with E-state index in [1.165, 1.54) is 0 Å². The van der Waals surface area contributed by atoms with Gasteiger partial charge >= 0.3 is 0 Å². The SMILES string of the molecule is CC1C2CC3C1(C)C1(C)C34CC1(C)C1(C)C4C3CC2(C)CC31C. The summed E-state index contributed by atoms with van der Waals surface area (Å²) in [6.07, 6.45) is 6.32. The molecule has 7 saturated carbocycles. The summed E-state index contributed by atoms with van der Waals surface area (Å²) in [5.41, 5.74) is 4.65. The first-order valence-electron chi connectivity index (χ1n) is 10.5. The van der Waals surface area contributed by atoms with E-state index in [9.17, 15) is 0 Å². The molecule has 0 amide bonds. The van der Waals surface area contributed by atoms with E-state index in [1.807, 2.05) is 0 Å². The Bertz CT molecular complexity index is 724. The Labute approximate surface area is 142 Å². The summed E-state index contributed by atoms with van der Waals surface area (Å²) in [5, 5.41) is 0. The molecule has 0 saturated heterocycles. The lowest BCUT2D eigenvalue weighted by Gasteiger charge is -2.84. The van der Waals surface area contributed by atoms with Gasteiger partial charge in [0.2, 0.25) is 0 Å². The van der Waals surface area contributed by atoms with Crippen LogP contribution in [0.15, 0.2) is 0 Å². The zero-order chi connectivity index (χ0) is 16.2. The van der Waals surface area contributed by atoms with Gasteiger partial charge in [0, 0.05) is 0 Å². The van der Waals surface area contributed by atoms with E-state index in [-0.39, 0.29) is 0 Å². The second-order valence-corrected chi connectivity index (χ2v) is 12.9. The van der Waals surface area contributed by atoms with E-state index in [4.69, 9.17) is 0 Å². The first-order chi connectivity index (χ1) is 10.5. The largest absolute Gasteiger partial charge is 0.0617 e. The summed E-state index contributed by atoms with van der Waals surface area (Å²) < 4.78 is 0. The lowest BCUT2D eigenvalue weighted by atomic mass is 9.19. The van der Waals surface area contributed by atoms with Gasteiger partial charge in [0.05, 0.1) is 0 Å². The van der Waals surface area contributed by atoms with Crippen LogP contribution in [-0.2, 0) is 0 Å². The molecule has 0 N–H and O–H groups in total. The average Bonchev–Trinajstić information content (AvgIpc) is 3.00. The molecule has 7 aliphatic carbocycles. The van der Waals surface area contributed by atoms with Crippen molar-refractivity contribution in [3.63, 3.8) is 0 Å². The fourth-order valence-electron chi connectivity index (χ4n) is 13.7. The number of hydrogen-bond acceptors (Lipinski definition) is 0. The second kappa shape index (κ2) is 2.61. The van der Waals surface area contributed by atoms with Crippen molar-refractivity contribution in [1.82, 2.24) is 0 Å². The van der Waals surface area contributed by atoms with Crippen LogP contribution in [0.4, 0.5) is 0 Å². The normalized spacial score (nSPS) is 87.0. The molecule has 0 nitrogen and oxygen atoms in total. The Morgan fingerprint density at radius 1 is 0.870 bits per heavy atom. The molecule has 12 unspecified atom stereocenters. The van der Waals surface area contributed by atoms with Gasteiger partial charge in [-0.15, -0.1) is 0 Å². The summed E-state index contributed by atoms with van der Waals surface area (Å²) in [7, 11) is 0. The number of hydrogen-bond donors (Lipinski definition) is 0. The first-order valence-corrected chi connectivity index (χ1v) is 10.5. The molecular formula is C23H34. The van der Waals surface area contributed by atoms with Gasteiger partial charge in [-0.25, -0.2) is 0 Å². The van der Waals surface area contributed by atoms with Crippen LogP contribution in [0.1, 0.15) is 74.1 Å². The molecule has 0 radical (unpaired) electrons.